The summed E-state index contributed by atoms with van der Waals surface area (Å²) in [7, 11) is 1.45. The lowest BCUT2D eigenvalue weighted by Gasteiger charge is -2.28. The van der Waals surface area contributed by atoms with Crippen LogP contribution in [0.4, 0.5) is 31.1 Å². The number of alkyl carbamates (subject to hydrolysis) is 1. The van der Waals surface area contributed by atoms with E-state index in [4.69, 9.17) is 9.47 Å². The number of aliphatic hydroxyl groups excluding tert-OH is 1. The van der Waals surface area contributed by atoms with Crippen LogP contribution in [-0.2, 0) is 30.1 Å². The average Bonchev–Trinajstić information content (AvgIpc) is 3.25. The Morgan fingerprint density at radius 1 is 0.905 bits per heavy atom. The Morgan fingerprint density at radius 3 is 2.05 bits per heavy atom. The predicted molar refractivity (Wildman–Crippen MR) is 138 cm³/mol. The number of amides is 2. The third-order valence-corrected chi connectivity index (χ3v) is 6.76. The maximum atomic E-state index is 13.5. The highest BCUT2D eigenvalue weighted by Gasteiger charge is 2.47. The number of methoxy groups -OCH3 is 1. The van der Waals surface area contributed by atoms with Gasteiger partial charge in [-0.3, -0.25) is 4.79 Å². The molecular weight excluding hydrogens is 570 g/mol. The zero-order valence-corrected chi connectivity index (χ0v) is 22.1. The SMILES string of the molecule is COc1ccc(C[C@@H]2[C@H](OC(=O)NCc3ccccc3)[C@@H](O)CN2C(=O)c2cc(C(F)(F)F)cc(C(F)(F)F)c2)cc1. The van der Waals surface area contributed by atoms with E-state index in [0.29, 0.717) is 23.4 Å². The van der Waals surface area contributed by atoms with E-state index in [2.05, 4.69) is 5.32 Å². The van der Waals surface area contributed by atoms with Crippen LogP contribution in [-0.4, -0.2) is 53.9 Å². The van der Waals surface area contributed by atoms with Gasteiger partial charge in [-0.05, 0) is 47.9 Å². The van der Waals surface area contributed by atoms with Crippen LogP contribution in [0.15, 0.2) is 72.8 Å². The van der Waals surface area contributed by atoms with Crippen LogP contribution in [0, 0.1) is 0 Å². The van der Waals surface area contributed by atoms with E-state index in [9.17, 15) is 41.0 Å². The van der Waals surface area contributed by atoms with Crippen molar-refractivity contribution in [1.82, 2.24) is 10.2 Å². The molecule has 0 saturated carbocycles. The van der Waals surface area contributed by atoms with Crippen LogP contribution in [0.3, 0.4) is 0 Å². The van der Waals surface area contributed by atoms with Crippen LogP contribution in [0.1, 0.15) is 32.6 Å². The highest BCUT2D eigenvalue weighted by atomic mass is 19.4. The van der Waals surface area contributed by atoms with Crippen molar-refractivity contribution >= 4 is 12.0 Å². The molecule has 1 aliphatic rings. The highest BCUT2D eigenvalue weighted by Crippen LogP contribution is 2.37. The number of carbonyl (C=O) groups is 2. The maximum absolute atomic E-state index is 13.5. The van der Waals surface area contributed by atoms with E-state index in [1.54, 1.807) is 54.6 Å². The first-order valence-electron chi connectivity index (χ1n) is 12.7. The number of nitrogens with one attached hydrogen (secondary N) is 1. The molecule has 0 aliphatic carbocycles. The molecule has 1 fully saturated rings. The summed E-state index contributed by atoms with van der Waals surface area (Å²) in [6.07, 6.45) is -14.1. The summed E-state index contributed by atoms with van der Waals surface area (Å²) < 4.78 is 91.3. The first-order chi connectivity index (χ1) is 19.8. The molecule has 3 atom stereocenters. The molecule has 0 bridgehead atoms. The molecule has 42 heavy (non-hydrogen) atoms. The number of ether oxygens (including phenoxy) is 2. The van der Waals surface area contributed by atoms with Gasteiger partial charge in [-0.25, -0.2) is 4.79 Å². The van der Waals surface area contributed by atoms with Gasteiger partial charge in [-0.1, -0.05) is 42.5 Å². The van der Waals surface area contributed by atoms with Crippen LogP contribution in [0.2, 0.25) is 0 Å². The molecule has 1 aliphatic heterocycles. The molecule has 0 spiro atoms. The number of β-amino-alcohol motifs (C(OH)–C–C–N with tert-alkyl or cyclic N) is 1. The van der Waals surface area contributed by atoms with Gasteiger partial charge in [0, 0.05) is 12.1 Å². The van der Waals surface area contributed by atoms with Crippen molar-refractivity contribution in [3.05, 3.63) is 101 Å². The minimum Gasteiger partial charge on any atom is -0.497 e. The van der Waals surface area contributed by atoms with E-state index < -0.39 is 65.8 Å². The van der Waals surface area contributed by atoms with Crippen molar-refractivity contribution in [2.24, 2.45) is 0 Å². The molecule has 0 radical (unpaired) electrons. The summed E-state index contributed by atoms with van der Waals surface area (Å²) in [5.41, 5.74) is -2.86. The normalized spacial score (nSPS) is 19.0. The van der Waals surface area contributed by atoms with Gasteiger partial charge in [0.25, 0.3) is 5.91 Å². The van der Waals surface area contributed by atoms with E-state index in [1.807, 2.05) is 0 Å². The molecule has 4 rings (SSSR count). The second-order valence-corrected chi connectivity index (χ2v) is 9.65. The summed E-state index contributed by atoms with van der Waals surface area (Å²) in [5, 5.41) is 13.3. The molecule has 1 heterocycles. The number of likely N-dealkylation sites (tertiary alicyclic amines) is 1. The van der Waals surface area contributed by atoms with Crippen molar-refractivity contribution in [3.8, 4) is 5.75 Å². The van der Waals surface area contributed by atoms with E-state index in [0.717, 1.165) is 10.5 Å². The summed E-state index contributed by atoms with van der Waals surface area (Å²) in [6.45, 7) is -0.424. The predicted octanol–water partition coefficient (Wildman–Crippen LogP) is 5.46. The summed E-state index contributed by atoms with van der Waals surface area (Å²) in [6, 6.07) is 14.7. The zero-order valence-electron chi connectivity index (χ0n) is 22.1. The summed E-state index contributed by atoms with van der Waals surface area (Å²) in [4.78, 5) is 27.1. The lowest BCUT2D eigenvalue weighted by atomic mass is 9.99. The average molecular weight is 597 g/mol. The number of hydrogen-bond donors (Lipinski definition) is 2. The Balaban J connectivity index is 1.65. The molecular formula is C29H26F6N2O5. The van der Waals surface area contributed by atoms with Gasteiger partial charge >= 0.3 is 18.4 Å². The van der Waals surface area contributed by atoms with Crippen molar-refractivity contribution in [2.75, 3.05) is 13.7 Å². The Bertz CT molecular complexity index is 1360. The van der Waals surface area contributed by atoms with Crippen molar-refractivity contribution in [3.63, 3.8) is 0 Å². The van der Waals surface area contributed by atoms with Crippen molar-refractivity contribution < 1.29 is 50.5 Å². The number of rotatable bonds is 7. The van der Waals surface area contributed by atoms with Gasteiger partial charge in [0.2, 0.25) is 0 Å². The molecule has 3 aromatic carbocycles. The van der Waals surface area contributed by atoms with Gasteiger partial charge < -0.3 is 24.8 Å². The van der Waals surface area contributed by atoms with Crippen LogP contribution in [0.5, 0.6) is 5.75 Å². The molecule has 7 nitrogen and oxygen atoms in total. The Kier molecular flexibility index (Phi) is 9.00. The number of benzene rings is 3. The van der Waals surface area contributed by atoms with Gasteiger partial charge in [0.15, 0.2) is 6.10 Å². The number of hydrogen-bond acceptors (Lipinski definition) is 5. The second-order valence-electron chi connectivity index (χ2n) is 9.65. The highest BCUT2D eigenvalue weighted by molar-refractivity contribution is 5.95. The van der Waals surface area contributed by atoms with Crippen molar-refractivity contribution in [2.45, 2.75) is 43.6 Å². The molecule has 13 heteroatoms. The van der Waals surface area contributed by atoms with Gasteiger partial charge in [0.05, 0.1) is 30.8 Å². The largest absolute Gasteiger partial charge is 0.497 e. The van der Waals surface area contributed by atoms with Crippen molar-refractivity contribution in [1.29, 1.82) is 0 Å². The van der Waals surface area contributed by atoms with E-state index >= 15 is 0 Å². The first kappa shape index (κ1) is 30.7. The second kappa shape index (κ2) is 12.3. The molecule has 2 N–H and O–H groups in total. The third kappa shape index (κ3) is 7.32. The van der Waals surface area contributed by atoms with Gasteiger partial charge in [0.1, 0.15) is 11.9 Å². The van der Waals surface area contributed by atoms with E-state index in [-0.39, 0.29) is 19.0 Å². The number of halogens is 6. The Morgan fingerprint density at radius 2 is 1.50 bits per heavy atom. The summed E-state index contributed by atoms with van der Waals surface area (Å²) >= 11 is 0. The van der Waals surface area contributed by atoms with Gasteiger partial charge in [-0.2, -0.15) is 26.3 Å². The van der Waals surface area contributed by atoms with Crippen LogP contribution >= 0.6 is 0 Å². The maximum Gasteiger partial charge on any atom is 0.416 e. The number of carbonyl (C=O) groups excluding carboxylic acids is 2. The third-order valence-electron chi connectivity index (χ3n) is 6.76. The monoisotopic (exact) mass is 596 g/mol. The molecule has 0 aromatic heterocycles. The minimum atomic E-state index is -5.16. The fourth-order valence-electron chi connectivity index (χ4n) is 4.67. The molecule has 224 valence electrons. The molecule has 3 aromatic rings. The number of nitrogens with zero attached hydrogens (tertiary/aromatic N) is 1. The lowest BCUT2D eigenvalue weighted by molar-refractivity contribution is -0.143. The fourth-order valence-corrected chi connectivity index (χ4v) is 4.67. The quantitative estimate of drug-likeness (QED) is 0.354. The summed E-state index contributed by atoms with van der Waals surface area (Å²) in [5.74, 6) is -0.685. The lowest BCUT2D eigenvalue weighted by Crippen LogP contribution is -2.44. The first-order valence-corrected chi connectivity index (χ1v) is 12.7. The fraction of sp³-hybridized carbons (Fsp3) is 0.310. The Hall–Kier alpha value is -4.26. The Labute approximate surface area is 236 Å². The van der Waals surface area contributed by atoms with Gasteiger partial charge in [-0.15, -0.1) is 0 Å². The molecule has 0 unspecified atom stereocenters. The smallest absolute Gasteiger partial charge is 0.416 e. The zero-order chi connectivity index (χ0) is 30.7. The molecule has 2 amide bonds. The van der Waals surface area contributed by atoms with Crippen LogP contribution in [0.25, 0.3) is 0 Å². The number of aliphatic hydroxyl groups is 1. The van der Waals surface area contributed by atoms with Crippen LogP contribution < -0.4 is 10.1 Å². The van der Waals surface area contributed by atoms with E-state index in [1.165, 1.54) is 7.11 Å². The topological polar surface area (TPSA) is 88.1 Å². The minimum absolute atomic E-state index is 0.0471. The number of alkyl halides is 6. The standard InChI is InChI=1S/C29H26F6N2O5/c1-41-22-9-7-17(8-10-22)11-23-25(42-27(40)36-15-18-5-3-2-4-6-18)24(38)16-37(23)26(39)19-12-20(28(30,31)32)14-21(13-19)29(33,34)35/h2-10,12-14,23-25,38H,11,15-16H2,1H3,(H,36,40)/t23-,24+,25+/m1/s1. The molecule has 1 saturated heterocycles.